The molecule has 0 spiro atoms. The fourth-order valence-corrected chi connectivity index (χ4v) is 1.89. The molecule has 2 rings (SSSR count). The van der Waals surface area contributed by atoms with Crippen molar-refractivity contribution in [2.24, 2.45) is 0 Å². The van der Waals surface area contributed by atoms with Gasteiger partial charge in [0.2, 0.25) is 0 Å². The molecule has 5 nitrogen and oxygen atoms in total. The lowest BCUT2D eigenvalue weighted by atomic mass is 9.80. The Hall–Kier alpha value is -1.92. The summed E-state index contributed by atoms with van der Waals surface area (Å²) in [6.45, 7) is 2.83. The van der Waals surface area contributed by atoms with Crippen LogP contribution in [0.15, 0.2) is 36.7 Å². The first-order chi connectivity index (χ1) is 10.2. The molecule has 21 heavy (non-hydrogen) atoms. The van der Waals surface area contributed by atoms with Crippen LogP contribution in [0.1, 0.15) is 26.2 Å². The van der Waals surface area contributed by atoms with Crippen LogP contribution in [0, 0.1) is 0 Å². The molecule has 0 atom stereocenters. The summed E-state index contributed by atoms with van der Waals surface area (Å²) in [7, 11) is -1.46. The summed E-state index contributed by atoms with van der Waals surface area (Å²) in [4.78, 5) is 8.52. The zero-order valence-corrected chi connectivity index (χ0v) is 12.1. The van der Waals surface area contributed by atoms with Gasteiger partial charge in [-0.05, 0) is 11.9 Å². The van der Waals surface area contributed by atoms with E-state index in [2.05, 4.69) is 16.9 Å². The average molecular weight is 286 g/mol. The Morgan fingerprint density at radius 3 is 2.29 bits per heavy atom. The van der Waals surface area contributed by atoms with E-state index < -0.39 is 7.12 Å². The lowest BCUT2D eigenvalue weighted by molar-refractivity contribution is 0.304. The van der Waals surface area contributed by atoms with Crippen molar-refractivity contribution in [3.8, 4) is 17.1 Å². The standard InChI is InChI=1S/C15H19BN2O3/c1-2-3-4-9-21-14-10-17-15(18-11-14)12-5-7-13(8-6-12)16(19)20/h5-8,10-11,19-20H,2-4,9H2,1H3. The van der Waals surface area contributed by atoms with E-state index in [-0.39, 0.29) is 0 Å². The highest BCUT2D eigenvalue weighted by molar-refractivity contribution is 6.58. The first kappa shape index (κ1) is 15.5. The maximum Gasteiger partial charge on any atom is 0.488 e. The van der Waals surface area contributed by atoms with Gasteiger partial charge in [0, 0.05) is 5.56 Å². The molecule has 0 fully saturated rings. The summed E-state index contributed by atoms with van der Waals surface area (Å²) < 4.78 is 5.56. The number of hydrogen-bond donors (Lipinski definition) is 2. The van der Waals surface area contributed by atoms with Crippen LogP contribution in [0.5, 0.6) is 5.75 Å². The molecule has 2 aromatic rings. The molecule has 2 N–H and O–H groups in total. The van der Waals surface area contributed by atoms with Gasteiger partial charge in [0.1, 0.15) is 0 Å². The Balaban J connectivity index is 1.98. The molecule has 0 unspecified atom stereocenters. The van der Waals surface area contributed by atoms with Gasteiger partial charge >= 0.3 is 7.12 Å². The van der Waals surface area contributed by atoms with Crippen molar-refractivity contribution in [3.05, 3.63) is 36.7 Å². The highest BCUT2D eigenvalue weighted by atomic mass is 16.5. The van der Waals surface area contributed by atoms with Crippen molar-refractivity contribution >= 4 is 12.6 Å². The largest absolute Gasteiger partial charge is 0.490 e. The van der Waals surface area contributed by atoms with Gasteiger partial charge in [-0.1, -0.05) is 44.0 Å². The highest BCUT2D eigenvalue weighted by Gasteiger charge is 2.10. The van der Waals surface area contributed by atoms with Gasteiger partial charge in [-0.2, -0.15) is 0 Å². The van der Waals surface area contributed by atoms with Crippen molar-refractivity contribution in [1.29, 1.82) is 0 Å². The Bertz CT molecular complexity index is 544. The molecule has 1 heterocycles. The van der Waals surface area contributed by atoms with Crippen LogP contribution in [-0.4, -0.2) is 33.7 Å². The third-order valence-corrected chi connectivity index (χ3v) is 3.11. The number of ether oxygens (including phenoxy) is 1. The second kappa shape index (κ2) is 7.76. The van der Waals surface area contributed by atoms with E-state index in [1.54, 1.807) is 36.7 Å². The van der Waals surface area contributed by atoms with Crippen molar-refractivity contribution in [2.45, 2.75) is 26.2 Å². The molecule has 0 saturated heterocycles. The summed E-state index contributed by atoms with van der Waals surface area (Å²) in [5.74, 6) is 1.24. The molecular formula is C15H19BN2O3. The molecule has 0 saturated carbocycles. The molecule has 0 radical (unpaired) electrons. The normalized spacial score (nSPS) is 10.4. The van der Waals surface area contributed by atoms with Crippen molar-refractivity contribution in [3.63, 3.8) is 0 Å². The van der Waals surface area contributed by atoms with E-state index in [0.29, 0.717) is 23.6 Å². The minimum atomic E-state index is -1.46. The zero-order valence-electron chi connectivity index (χ0n) is 12.1. The van der Waals surface area contributed by atoms with Crippen molar-refractivity contribution in [1.82, 2.24) is 9.97 Å². The van der Waals surface area contributed by atoms with E-state index in [1.165, 1.54) is 0 Å². The fourth-order valence-electron chi connectivity index (χ4n) is 1.89. The molecule has 0 amide bonds. The third kappa shape index (κ3) is 4.55. The Labute approximate surface area is 124 Å². The van der Waals surface area contributed by atoms with Crippen LogP contribution in [-0.2, 0) is 0 Å². The molecule has 1 aromatic carbocycles. The highest BCUT2D eigenvalue weighted by Crippen LogP contribution is 2.15. The van der Waals surface area contributed by atoms with Gasteiger partial charge in [-0.15, -0.1) is 0 Å². The lowest BCUT2D eigenvalue weighted by Gasteiger charge is -2.06. The molecule has 0 bridgehead atoms. The maximum absolute atomic E-state index is 9.05. The Morgan fingerprint density at radius 1 is 1.05 bits per heavy atom. The number of unbranched alkanes of at least 4 members (excludes halogenated alkanes) is 2. The van der Waals surface area contributed by atoms with E-state index in [4.69, 9.17) is 14.8 Å². The van der Waals surface area contributed by atoms with Gasteiger partial charge in [0.05, 0.1) is 19.0 Å². The first-order valence-corrected chi connectivity index (χ1v) is 7.12. The predicted octanol–water partition coefficient (Wildman–Crippen LogP) is 1.39. The maximum atomic E-state index is 9.05. The number of hydrogen-bond acceptors (Lipinski definition) is 5. The van der Waals surface area contributed by atoms with Gasteiger partial charge in [0.15, 0.2) is 11.6 Å². The van der Waals surface area contributed by atoms with Gasteiger partial charge in [0.25, 0.3) is 0 Å². The first-order valence-electron chi connectivity index (χ1n) is 7.12. The minimum Gasteiger partial charge on any atom is -0.490 e. The van der Waals surface area contributed by atoms with Gasteiger partial charge < -0.3 is 14.8 Å². The molecule has 0 aliphatic heterocycles. The van der Waals surface area contributed by atoms with Crippen LogP contribution in [0.25, 0.3) is 11.4 Å². The van der Waals surface area contributed by atoms with E-state index in [0.717, 1.165) is 24.8 Å². The van der Waals surface area contributed by atoms with E-state index >= 15 is 0 Å². The Morgan fingerprint density at radius 2 is 1.71 bits per heavy atom. The summed E-state index contributed by atoms with van der Waals surface area (Å²) in [6.07, 6.45) is 6.66. The van der Waals surface area contributed by atoms with Gasteiger partial charge in [-0.25, -0.2) is 9.97 Å². The summed E-state index contributed by atoms with van der Waals surface area (Å²) in [5, 5.41) is 18.1. The molecule has 110 valence electrons. The number of benzene rings is 1. The quantitative estimate of drug-likeness (QED) is 0.594. The third-order valence-electron chi connectivity index (χ3n) is 3.11. The molecule has 0 aliphatic carbocycles. The van der Waals surface area contributed by atoms with Crippen molar-refractivity contribution < 1.29 is 14.8 Å². The van der Waals surface area contributed by atoms with E-state index in [1.807, 2.05) is 0 Å². The monoisotopic (exact) mass is 286 g/mol. The zero-order chi connectivity index (χ0) is 15.1. The van der Waals surface area contributed by atoms with Gasteiger partial charge in [-0.3, -0.25) is 0 Å². The summed E-state index contributed by atoms with van der Waals surface area (Å²) >= 11 is 0. The van der Waals surface area contributed by atoms with Crippen LogP contribution in [0.4, 0.5) is 0 Å². The predicted molar refractivity (Wildman–Crippen MR) is 82.3 cm³/mol. The number of nitrogens with zero attached hydrogens (tertiary/aromatic N) is 2. The molecule has 6 heteroatoms. The summed E-state index contributed by atoms with van der Waals surface area (Å²) in [6, 6.07) is 6.79. The van der Waals surface area contributed by atoms with Crippen LogP contribution in [0.3, 0.4) is 0 Å². The van der Waals surface area contributed by atoms with Crippen LogP contribution < -0.4 is 10.2 Å². The van der Waals surface area contributed by atoms with E-state index in [9.17, 15) is 0 Å². The number of aromatic nitrogens is 2. The molecule has 0 aliphatic rings. The fraction of sp³-hybridized carbons (Fsp3) is 0.333. The van der Waals surface area contributed by atoms with Crippen molar-refractivity contribution in [2.75, 3.05) is 6.61 Å². The second-order valence-corrected chi connectivity index (χ2v) is 4.79. The van der Waals surface area contributed by atoms with Crippen LogP contribution >= 0.6 is 0 Å². The lowest BCUT2D eigenvalue weighted by Crippen LogP contribution is -2.29. The Kier molecular flexibility index (Phi) is 5.72. The topological polar surface area (TPSA) is 75.5 Å². The molecular weight excluding hydrogens is 267 g/mol. The molecule has 1 aromatic heterocycles. The minimum absolute atomic E-state index is 0.439. The average Bonchev–Trinajstić information content (AvgIpc) is 2.52. The second-order valence-electron chi connectivity index (χ2n) is 4.79. The SMILES string of the molecule is CCCCCOc1cnc(-c2ccc(B(O)O)cc2)nc1. The number of rotatable bonds is 7. The van der Waals surface area contributed by atoms with Crippen LogP contribution in [0.2, 0.25) is 0 Å². The summed E-state index contributed by atoms with van der Waals surface area (Å²) in [5.41, 5.74) is 1.26. The smallest absolute Gasteiger partial charge is 0.488 e.